The number of Topliss-reactive ketones (excluding diaryl/α,β-unsaturated/α-hetero) is 2. The van der Waals surface area contributed by atoms with Gasteiger partial charge in [-0.3, -0.25) is 19.6 Å². The molecule has 0 N–H and O–H groups in total. The molecule has 7 heteroatoms. The summed E-state index contributed by atoms with van der Waals surface area (Å²) in [6, 6.07) is 25.2. The molecule has 4 aromatic rings. The molecule has 0 aromatic heterocycles. The topological polar surface area (TPSA) is 105 Å². The van der Waals surface area contributed by atoms with Crippen LogP contribution in [0.2, 0.25) is 0 Å². The Morgan fingerprint density at radius 3 is 1.10 bits per heavy atom. The molecule has 0 aliphatic rings. The van der Waals surface area contributed by atoms with Gasteiger partial charge in [-0.25, -0.2) is 0 Å². The van der Waals surface area contributed by atoms with Gasteiger partial charge in [0.1, 0.15) is 12.1 Å². The van der Waals surface area contributed by atoms with E-state index in [0.717, 1.165) is 44.5 Å². The van der Waals surface area contributed by atoms with E-state index < -0.39 is 35.2 Å². The van der Waals surface area contributed by atoms with Gasteiger partial charge in [0.2, 0.25) is 0 Å². The van der Waals surface area contributed by atoms with Gasteiger partial charge in [0.15, 0.2) is 11.6 Å². The predicted molar refractivity (Wildman–Crippen MR) is 192 cm³/mol. The summed E-state index contributed by atoms with van der Waals surface area (Å²) in [6.45, 7) is 14.1. The molecule has 2 unspecified atom stereocenters. The van der Waals surface area contributed by atoms with Crippen molar-refractivity contribution in [2.24, 2.45) is 9.98 Å². The number of nitrogens with zero attached hydrogens (tertiary/aromatic N) is 2. The summed E-state index contributed by atoms with van der Waals surface area (Å²) in [5.41, 5.74) is 7.62. The fourth-order valence-electron chi connectivity index (χ4n) is 6.27. The van der Waals surface area contributed by atoms with Gasteiger partial charge in [-0.1, -0.05) is 108 Å². The third-order valence-corrected chi connectivity index (χ3v) is 8.37. The van der Waals surface area contributed by atoms with Crippen molar-refractivity contribution < 1.29 is 36.6 Å². The maximum absolute atomic E-state index is 13.8. The molecule has 0 spiro atoms. The van der Waals surface area contributed by atoms with E-state index in [0.29, 0.717) is 11.1 Å². The zero-order valence-electron chi connectivity index (χ0n) is 29.3. The number of ketones is 2. The van der Waals surface area contributed by atoms with E-state index >= 15 is 0 Å². The van der Waals surface area contributed by atoms with Crippen LogP contribution in [0, 0.1) is 41.5 Å². The molecule has 2 atom stereocenters. The maximum Gasteiger partial charge on any atom is 2.00 e. The van der Waals surface area contributed by atoms with Crippen LogP contribution in [-0.4, -0.2) is 24.0 Å². The second kappa shape index (κ2) is 17.0. The van der Waals surface area contributed by atoms with E-state index in [1.165, 1.54) is 26.3 Å². The van der Waals surface area contributed by atoms with Gasteiger partial charge in [-0.2, -0.15) is 0 Å². The van der Waals surface area contributed by atoms with Crippen molar-refractivity contribution in [2.75, 3.05) is 0 Å². The van der Waals surface area contributed by atoms with Crippen LogP contribution in [0.25, 0.3) is 11.5 Å². The zero-order chi connectivity index (χ0) is 35.1. The molecule has 0 heterocycles. The quantitative estimate of drug-likeness (QED) is 0.0941. The number of aliphatic imine (C=N–C) groups is 2. The molecular formula is C42H42CoN2O4. The van der Waals surface area contributed by atoms with E-state index in [2.05, 4.69) is 0 Å². The number of allylic oxidation sites excluding steroid dienone is 2. The largest absolute Gasteiger partial charge is 2.00 e. The van der Waals surface area contributed by atoms with E-state index in [4.69, 9.17) is 9.98 Å². The van der Waals surface area contributed by atoms with Gasteiger partial charge in [0.25, 0.3) is 0 Å². The summed E-state index contributed by atoms with van der Waals surface area (Å²) in [5, 5.41) is 27.7. The second-order valence-corrected chi connectivity index (χ2v) is 12.4. The van der Waals surface area contributed by atoms with Crippen molar-refractivity contribution in [3.05, 3.63) is 152 Å². The van der Waals surface area contributed by atoms with Crippen LogP contribution in [0.4, 0.5) is 0 Å². The Morgan fingerprint density at radius 2 is 0.837 bits per heavy atom. The number of carbonyl (C=O) groups is 2. The molecule has 0 aliphatic heterocycles. The van der Waals surface area contributed by atoms with Gasteiger partial charge in [-0.05, 0) is 99.9 Å². The first-order chi connectivity index (χ1) is 22.8. The molecule has 0 aliphatic carbocycles. The Hall–Kier alpha value is -4.85. The molecule has 0 bridgehead atoms. The van der Waals surface area contributed by atoms with Crippen LogP contribution in [0.3, 0.4) is 0 Å². The molecule has 0 fully saturated rings. The SMILES string of the molecule is CC(=O)/C(C=NC(c1ccccc1)C(N=C/C(C(C)=O)=C(/[O-])c1c(C)cc(C)cc1C)c1ccccc1)=C(\[O-])c1c(C)cc(C)cc1C.[Co+2]. The third kappa shape index (κ3) is 9.19. The number of hydrogen-bond donors (Lipinski definition) is 0. The molecule has 4 aromatic carbocycles. The summed E-state index contributed by atoms with van der Waals surface area (Å²) in [4.78, 5) is 35.7. The van der Waals surface area contributed by atoms with E-state index in [-0.39, 0.29) is 27.9 Å². The average molecular weight is 698 g/mol. The first-order valence-corrected chi connectivity index (χ1v) is 16.0. The predicted octanol–water partition coefficient (Wildman–Crippen LogP) is 7.18. The molecule has 0 saturated heterocycles. The van der Waals surface area contributed by atoms with Gasteiger partial charge in [0, 0.05) is 23.6 Å². The minimum absolute atomic E-state index is 0. The second-order valence-electron chi connectivity index (χ2n) is 12.4. The van der Waals surface area contributed by atoms with E-state index in [1.54, 1.807) is 0 Å². The molecule has 0 saturated carbocycles. The fourth-order valence-corrected chi connectivity index (χ4v) is 6.27. The molecule has 1 radical (unpaired) electrons. The normalized spacial score (nSPS) is 13.8. The van der Waals surface area contributed by atoms with Gasteiger partial charge in [-0.15, -0.1) is 0 Å². The maximum atomic E-state index is 13.8. The van der Waals surface area contributed by atoms with Gasteiger partial charge < -0.3 is 10.2 Å². The number of benzene rings is 4. The van der Waals surface area contributed by atoms with E-state index in [9.17, 15) is 19.8 Å². The van der Waals surface area contributed by atoms with E-state index in [1.807, 2.05) is 126 Å². The number of carbonyl (C=O) groups excluding carboxylic acids is 2. The molecule has 4 rings (SSSR count). The Balaban J connectivity index is 0.00000650. The Bertz CT molecular complexity index is 1770. The van der Waals surface area contributed by atoms with Crippen molar-refractivity contribution in [1.29, 1.82) is 0 Å². The minimum atomic E-state index is -0.710. The van der Waals surface area contributed by atoms with Crippen LogP contribution in [0.15, 0.2) is 106 Å². The zero-order valence-corrected chi connectivity index (χ0v) is 30.3. The van der Waals surface area contributed by atoms with Gasteiger partial charge >= 0.3 is 16.8 Å². The fraction of sp³-hybridized carbons (Fsp3) is 0.238. The number of rotatable bonds is 11. The smallest absolute Gasteiger partial charge is 0.872 e. The summed E-state index contributed by atoms with van der Waals surface area (Å²) < 4.78 is 0. The molecular weight excluding hydrogens is 655 g/mol. The first kappa shape index (κ1) is 38.6. The van der Waals surface area contributed by atoms with Crippen molar-refractivity contribution in [2.45, 2.75) is 67.5 Å². The summed E-state index contributed by atoms with van der Waals surface area (Å²) in [6.07, 6.45) is 2.71. The first-order valence-electron chi connectivity index (χ1n) is 16.0. The van der Waals surface area contributed by atoms with Crippen molar-refractivity contribution in [3.8, 4) is 0 Å². The average Bonchev–Trinajstić information content (AvgIpc) is 3.01. The van der Waals surface area contributed by atoms with Crippen molar-refractivity contribution in [1.82, 2.24) is 0 Å². The monoisotopic (exact) mass is 697 g/mol. The Labute approximate surface area is 300 Å². The van der Waals surface area contributed by atoms with Crippen molar-refractivity contribution in [3.63, 3.8) is 0 Å². The third-order valence-electron chi connectivity index (χ3n) is 8.37. The number of hydrogen-bond acceptors (Lipinski definition) is 6. The molecule has 6 nitrogen and oxygen atoms in total. The van der Waals surface area contributed by atoms with Crippen LogP contribution >= 0.6 is 0 Å². The van der Waals surface area contributed by atoms with Crippen LogP contribution in [0.1, 0.15) is 81.6 Å². The summed E-state index contributed by atoms with van der Waals surface area (Å²) >= 11 is 0. The van der Waals surface area contributed by atoms with Gasteiger partial charge in [0.05, 0.1) is 0 Å². The van der Waals surface area contributed by atoms with Crippen LogP contribution < -0.4 is 10.2 Å². The van der Waals surface area contributed by atoms with Crippen LogP contribution in [-0.2, 0) is 26.4 Å². The molecule has 253 valence electrons. The Morgan fingerprint density at radius 1 is 0.551 bits per heavy atom. The summed E-state index contributed by atoms with van der Waals surface area (Å²) in [7, 11) is 0. The standard InChI is InChI=1S/C42H44N2O4.Co/c1-25-19-27(3)37(28(4)20-25)41(47)35(31(7)45)23-43-39(33-15-11-9-12-16-33)40(34-17-13-10-14-18-34)44-24-36(32(8)46)42(48)38-29(5)21-26(2)22-30(38)6;/h9-24,39-40,47-48H,1-8H3;/q;+2/p-2/b41-35-,42-36-,43-23?,44-24?;. The number of aryl methyl sites for hydroxylation is 6. The molecule has 49 heavy (non-hydrogen) atoms. The molecule has 0 amide bonds. The van der Waals surface area contributed by atoms with Crippen LogP contribution in [0.5, 0.6) is 0 Å². The van der Waals surface area contributed by atoms with Crippen molar-refractivity contribution >= 4 is 35.5 Å². The minimum Gasteiger partial charge on any atom is -0.872 e. The Kier molecular flexibility index (Phi) is 13.4. The summed E-state index contributed by atoms with van der Waals surface area (Å²) in [5.74, 6) is -1.60.